The third-order valence-corrected chi connectivity index (χ3v) is 4.49. The lowest BCUT2D eigenvalue weighted by molar-refractivity contribution is -0.121. The van der Waals surface area contributed by atoms with Crippen LogP contribution in [0.1, 0.15) is 26.2 Å². The highest BCUT2D eigenvalue weighted by atomic mass is 32.2. The Morgan fingerprint density at radius 2 is 2.12 bits per heavy atom. The van der Waals surface area contributed by atoms with Crippen LogP contribution in [0, 0.1) is 0 Å². The predicted octanol–water partition coefficient (Wildman–Crippen LogP) is 0.445. The van der Waals surface area contributed by atoms with Crippen LogP contribution in [-0.4, -0.2) is 35.5 Å². The van der Waals surface area contributed by atoms with Gasteiger partial charge in [-0.2, -0.15) is 11.8 Å². The predicted molar refractivity (Wildman–Crippen MR) is 65.3 cm³/mol. The number of nitrogens with one attached hydrogen (secondary N) is 2. The van der Waals surface area contributed by atoms with Crippen molar-refractivity contribution in [2.24, 2.45) is 5.73 Å². The van der Waals surface area contributed by atoms with Gasteiger partial charge in [-0.3, -0.25) is 10.1 Å². The second-order valence-corrected chi connectivity index (χ2v) is 5.47. The van der Waals surface area contributed by atoms with Gasteiger partial charge in [0.05, 0.1) is 6.04 Å². The smallest absolute Gasteiger partial charge is 0.318 e. The third-order valence-electron chi connectivity index (χ3n) is 3.07. The summed E-state index contributed by atoms with van der Waals surface area (Å²) in [5.74, 6) is -0.372. The SMILES string of the molecule is CSC1(CNC(C)C(=O)NC(N)=O)CCC1. The topological polar surface area (TPSA) is 84.2 Å². The maximum atomic E-state index is 11.4. The van der Waals surface area contributed by atoms with Crippen LogP contribution < -0.4 is 16.4 Å². The molecular formula is C10H19N3O2S. The van der Waals surface area contributed by atoms with Crippen LogP contribution in [-0.2, 0) is 4.79 Å². The lowest BCUT2D eigenvalue weighted by Gasteiger charge is -2.41. The molecule has 3 amide bonds. The highest BCUT2D eigenvalue weighted by molar-refractivity contribution is 8.00. The summed E-state index contributed by atoms with van der Waals surface area (Å²) in [5, 5.41) is 5.20. The fourth-order valence-electron chi connectivity index (χ4n) is 1.69. The second-order valence-electron chi connectivity index (χ2n) is 4.20. The number of carbonyl (C=O) groups excluding carboxylic acids is 2. The highest BCUT2D eigenvalue weighted by Gasteiger charge is 2.36. The van der Waals surface area contributed by atoms with Crippen molar-refractivity contribution in [2.45, 2.75) is 37.0 Å². The van der Waals surface area contributed by atoms with Gasteiger partial charge in [-0.25, -0.2) is 4.79 Å². The zero-order valence-electron chi connectivity index (χ0n) is 9.71. The summed E-state index contributed by atoms with van der Waals surface area (Å²) in [4.78, 5) is 21.9. The van der Waals surface area contributed by atoms with Gasteiger partial charge in [-0.15, -0.1) is 0 Å². The van der Waals surface area contributed by atoms with Crippen molar-refractivity contribution in [3.63, 3.8) is 0 Å². The molecule has 5 nitrogen and oxygen atoms in total. The van der Waals surface area contributed by atoms with Crippen molar-refractivity contribution in [3.05, 3.63) is 0 Å². The summed E-state index contributed by atoms with van der Waals surface area (Å²) in [5.41, 5.74) is 4.87. The molecule has 1 fully saturated rings. The van der Waals surface area contributed by atoms with Gasteiger partial charge in [0.2, 0.25) is 5.91 Å². The standard InChI is InChI=1S/C10H19N3O2S/c1-7(8(14)13-9(11)15)12-6-10(16-2)4-3-5-10/h7,12H,3-6H2,1-2H3,(H3,11,13,14,15). The minimum atomic E-state index is -0.804. The van der Waals surface area contributed by atoms with Crippen molar-refractivity contribution in [1.29, 1.82) is 0 Å². The summed E-state index contributed by atoms with van der Waals surface area (Å²) in [6.45, 7) is 2.52. The zero-order chi connectivity index (χ0) is 12.2. The average molecular weight is 245 g/mol. The number of amides is 3. The van der Waals surface area contributed by atoms with E-state index in [0.717, 1.165) is 6.54 Å². The molecule has 1 unspecified atom stereocenters. The number of nitrogens with two attached hydrogens (primary N) is 1. The Hall–Kier alpha value is -0.750. The van der Waals surface area contributed by atoms with Gasteiger partial charge < -0.3 is 11.1 Å². The zero-order valence-corrected chi connectivity index (χ0v) is 10.5. The van der Waals surface area contributed by atoms with Gasteiger partial charge in [-0.05, 0) is 26.0 Å². The molecule has 0 aromatic rings. The molecule has 1 atom stereocenters. The van der Waals surface area contributed by atoms with Crippen molar-refractivity contribution in [2.75, 3.05) is 12.8 Å². The first-order chi connectivity index (χ1) is 7.49. The van der Waals surface area contributed by atoms with Crippen LogP contribution in [0.4, 0.5) is 4.79 Å². The molecule has 0 radical (unpaired) electrons. The van der Waals surface area contributed by atoms with Gasteiger partial charge in [0.25, 0.3) is 0 Å². The molecule has 0 heterocycles. The van der Waals surface area contributed by atoms with E-state index in [1.54, 1.807) is 6.92 Å². The van der Waals surface area contributed by atoms with Crippen LogP contribution in [0.5, 0.6) is 0 Å². The molecule has 0 bridgehead atoms. The molecule has 1 aliphatic carbocycles. The lowest BCUT2D eigenvalue weighted by Crippen LogP contribution is -2.51. The van der Waals surface area contributed by atoms with Gasteiger partial charge in [-0.1, -0.05) is 6.42 Å². The summed E-state index contributed by atoms with van der Waals surface area (Å²) in [7, 11) is 0. The van der Waals surface area contributed by atoms with Crippen molar-refractivity contribution < 1.29 is 9.59 Å². The Morgan fingerprint density at radius 1 is 1.50 bits per heavy atom. The summed E-state index contributed by atoms with van der Waals surface area (Å²) in [6, 6.07) is -1.20. The summed E-state index contributed by atoms with van der Waals surface area (Å²) >= 11 is 1.84. The van der Waals surface area contributed by atoms with E-state index < -0.39 is 12.1 Å². The number of carbonyl (C=O) groups is 2. The van der Waals surface area contributed by atoms with E-state index in [0.29, 0.717) is 0 Å². The van der Waals surface area contributed by atoms with Crippen molar-refractivity contribution >= 4 is 23.7 Å². The molecule has 0 aromatic heterocycles. The largest absolute Gasteiger partial charge is 0.351 e. The maximum absolute atomic E-state index is 11.4. The van der Waals surface area contributed by atoms with Gasteiger partial charge in [0.15, 0.2) is 0 Å². The molecule has 0 saturated heterocycles. The number of primary amides is 1. The molecular weight excluding hydrogens is 226 g/mol. The fraction of sp³-hybridized carbons (Fsp3) is 0.800. The fourth-order valence-corrected chi connectivity index (χ4v) is 2.61. The summed E-state index contributed by atoms with van der Waals surface area (Å²) < 4.78 is 0.279. The van der Waals surface area contributed by atoms with Gasteiger partial charge in [0, 0.05) is 11.3 Å². The van der Waals surface area contributed by atoms with Crippen LogP contribution in [0.15, 0.2) is 0 Å². The maximum Gasteiger partial charge on any atom is 0.318 e. The second kappa shape index (κ2) is 5.54. The monoisotopic (exact) mass is 245 g/mol. The third kappa shape index (κ3) is 3.38. The molecule has 1 rings (SSSR count). The molecule has 4 N–H and O–H groups in total. The van der Waals surface area contributed by atoms with E-state index in [-0.39, 0.29) is 10.7 Å². The Labute approximate surface area is 99.9 Å². The first-order valence-electron chi connectivity index (χ1n) is 5.38. The average Bonchev–Trinajstić information content (AvgIpc) is 2.15. The molecule has 0 aliphatic heterocycles. The molecule has 6 heteroatoms. The number of hydrogen-bond donors (Lipinski definition) is 3. The van der Waals surface area contributed by atoms with E-state index in [4.69, 9.17) is 5.73 Å². The van der Waals surface area contributed by atoms with Gasteiger partial charge >= 0.3 is 6.03 Å². The van der Waals surface area contributed by atoms with E-state index in [1.165, 1.54) is 19.3 Å². The number of thioether (sulfide) groups is 1. The van der Waals surface area contributed by atoms with E-state index >= 15 is 0 Å². The molecule has 1 aliphatic rings. The minimum absolute atomic E-state index is 0.279. The normalized spacial score (nSPS) is 19.6. The van der Waals surface area contributed by atoms with Crippen LogP contribution >= 0.6 is 11.8 Å². The molecule has 1 saturated carbocycles. The first-order valence-corrected chi connectivity index (χ1v) is 6.60. The highest BCUT2D eigenvalue weighted by Crippen LogP contribution is 2.42. The van der Waals surface area contributed by atoms with Gasteiger partial charge in [0.1, 0.15) is 0 Å². The Kier molecular flexibility index (Phi) is 4.61. The lowest BCUT2D eigenvalue weighted by atomic mass is 9.84. The van der Waals surface area contributed by atoms with Crippen molar-refractivity contribution in [1.82, 2.24) is 10.6 Å². The number of imide groups is 1. The van der Waals surface area contributed by atoms with E-state index in [9.17, 15) is 9.59 Å². The number of rotatable bonds is 5. The van der Waals surface area contributed by atoms with E-state index in [2.05, 4.69) is 16.9 Å². The minimum Gasteiger partial charge on any atom is -0.351 e. The quantitative estimate of drug-likeness (QED) is 0.656. The van der Waals surface area contributed by atoms with Crippen LogP contribution in [0.3, 0.4) is 0 Å². The Balaban J connectivity index is 2.31. The molecule has 0 spiro atoms. The van der Waals surface area contributed by atoms with E-state index in [1.807, 2.05) is 11.8 Å². The van der Waals surface area contributed by atoms with Crippen LogP contribution in [0.25, 0.3) is 0 Å². The molecule has 92 valence electrons. The number of hydrogen-bond acceptors (Lipinski definition) is 4. The Morgan fingerprint density at radius 3 is 2.50 bits per heavy atom. The van der Waals surface area contributed by atoms with Crippen molar-refractivity contribution in [3.8, 4) is 0 Å². The van der Waals surface area contributed by atoms with Crippen LogP contribution in [0.2, 0.25) is 0 Å². The Bertz CT molecular complexity index is 274. The molecule has 0 aromatic carbocycles. The molecule has 16 heavy (non-hydrogen) atoms. The number of urea groups is 1. The summed E-state index contributed by atoms with van der Waals surface area (Å²) in [6.07, 6.45) is 5.72. The first kappa shape index (κ1) is 13.3.